The fraction of sp³-hybridized carbons (Fsp3) is 0.765. The van der Waals surface area contributed by atoms with Gasteiger partial charge in [-0.1, -0.05) is 26.0 Å². The van der Waals surface area contributed by atoms with Gasteiger partial charge in [0.25, 0.3) is 0 Å². The Morgan fingerprint density at radius 3 is 1.67 bits per heavy atom. The number of rotatable bonds is 6. The molecule has 0 amide bonds. The van der Waals surface area contributed by atoms with Gasteiger partial charge >= 0.3 is 11.9 Å². The zero-order valence-electron chi connectivity index (χ0n) is 13.5. The number of allylic oxidation sites excluding steroid dienone is 2. The molecule has 21 heavy (non-hydrogen) atoms. The van der Waals surface area contributed by atoms with Crippen LogP contribution in [-0.2, 0) is 19.1 Å². The number of hydrogen-bond donors (Lipinski definition) is 0. The molecule has 1 saturated carbocycles. The molecule has 2 bridgehead atoms. The summed E-state index contributed by atoms with van der Waals surface area (Å²) in [6.07, 6.45) is 6.51. The Labute approximate surface area is 126 Å². The number of carbonyl (C=O) groups excluding carboxylic acids is 2. The quantitative estimate of drug-likeness (QED) is 0.558. The van der Waals surface area contributed by atoms with Gasteiger partial charge in [-0.25, -0.2) is 0 Å². The molecule has 4 nitrogen and oxygen atoms in total. The Kier molecular flexibility index (Phi) is 4.45. The Hall–Kier alpha value is -1.32. The molecule has 0 saturated heterocycles. The summed E-state index contributed by atoms with van der Waals surface area (Å²) in [6, 6.07) is 0. The van der Waals surface area contributed by atoms with Crippen LogP contribution in [0, 0.1) is 22.7 Å². The lowest BCUT2D eigenvalue weighted by molar-refractivity contribution is -0.180. The van der Waals surface area contributed by atoms with E-state index in [2.05, 4.69) is 12.2 Å². The molecule has 2 rings (SSSR count). The standard InChI is InChI=1S/C17H26O4/c1-5-9-20-14(18)16(3)12-7-8-13(11-12)17(16,4)15(19)21-10-6-2/h7-8,12-13H,5-6,9-11H2,1-4H3/t12-,13-,16?,17?/m1/s1. The number of carbonyl (C=O) groups is 2. The van der Waals surface area contributed by atoms with Crippen LogP contribution in [0.2, 0.25) is 0 Å². The molecule has 0 aromatic carbocycles. The summed E-state index contributed by atoms with van der Waals surface area (Å²) in [4.78, 5) is 25.3. The molecule has 2 unspecified atom stereocenters. The van der Waals surface area contributed by atoms with E-state index in [1.165, 1.54) is 0 Å². The molecular formula is C17H26O4. The minimum Gasteiger partial charge on any atom is -0.465 e. The van der Waals surface area contributed by atoms with E-state index in [-0.39, 0.29) is 23.8 Å². The third kappa shape index (κ3) is 2.19. The summed E-state index contributed by atoms with van der Waals surface area (Å²) < 4.78 is 10.8. The van der Waals surface area contributed by atoms with Crippen LogP contribution in [0.5, 0.6) is 0 Å². The van der Waals surface area contributed by atoms with E-state index >= 15 is 0 Å². The van der Waals surface area contributed by atoms with Gasteiger partial charge in [0.15, 0.2) is 0 Å². The Morgan fingerprint density at radius 2 is 1.33 bits per heavy atom. The maximum absolute atomic E-state index is 12.6. The van der Waals surface area contributed by atoms with Crippen LogP contribution in [-0.4, -0.2) is 25.2 Å². The van der Waals surface area contributed by atoms with Crippen molar-refractivity contribution in [2.24, 2.45) is 22.7 Å². The van der Waals surface area contributed by atoms with Gasteiger partial charge in [0.2, 0.25) is 0 Å². The molecule has 2 aliphatic carbocycles. The predicted octanol–water partition coefficient (Wildman–Crippen LogP) is 3.11. The summed E-state index contributed by atoms with van der Waals surface area (Å²) >= 11 is 0. The fourth-order valence-electron chi connectivity index (χ4n) is 3.74. The second kappa shape index (κ2) is 5.82. The molecular weight excluding hydrogens is 268 g/mol. The molecule has 0 N–H and O–H groups in total. The molecule has 4 heteroatoms. The van der Waals surface area contributed by atoms with Crippen molar-refractivity contribution in [2.45, 2.75) is 47.0 Å². The van der Waals surface area contributed by atoms with E-state index < -0.39 is 10.8 Å². The normalized spacial score (nSPS) is 36.8. The highest BCUT2D eigenvalue weighted by Crippen LogP contribution is 2.64. The third-order valence-electron chi connectivity index (χ3n) is 5.37. The van der Waals surface area contributed by atoms with Gasteiger partial charge in [-0.05, 0) is 44.9 Å². The van der Waals surface area contributed by atoms with Crippen molar-refractivity contribution in [3.05, 3.63) is 12.2 Å². The fourth-order valence-corrected chi connectivity index (χ4v) is 3.74. The second-order valence-electron chi connectivity index (χ2n) is 6.51. The lowest BCUT2D eigenvalue weighted by atomic mass is 9.59. The topological polar surface area (TPSA) is 52.6 Å². The van der Waals surface area contributed by atoms with E-state index in [1.807, 2.05) is 27.7 Å². The molecule has 0 aliphatic heterocycles. The molecule has 1 fully saturated rings. The average Bonchev–Trinajstić information content (AvgIpc) is 3.05. The van der Waals surface area contributed by atoms with Gasteiger partial charge in [-0.2, -0.15) is 0 Å². The highest BCUT2D eigenvalue weighted by molar-refractivity contribution is 5.90. The van der Waals surface area contributed by atoms with Crippen LogP contribution in [0.1, 0.15) is 47.0 Å². The zero-order valence-corrected chi connectivity index (χ0v) is 13.5. The molecule has 118 valence electrons. The number of esters is 2. The average molecular weight is 294 g/mol. The van der Waals surface area contributed by atoms with E-state index in [9.17, 15) is 9.59 Å². The molecule has 0 aromatic heterocycles. The highest BCUT2D eigenvalue weighted by atomic mass is 16.5. The van der Waals surface area contributed by atoms with E-state index in [1.54, 1.807) is 0 Å². The van der Waals surface area contributed by atoms with Crippen LogP contribution in [0.4, 0.5) is 0 Å². The van der Waals surface area contributed by atoms with Crippen LogP contribution < -0.4 is 0 Å². The molecule has 0 aromatic rings. The number of hydrogen-bond acceptors (Lipinski definition) is 4. The summed E-state index contributed by atoms with van der Waals surface area (Å²) in [6.45, 7) is 8.46. The van der Waals surface area contributed by atoms with Gasteiger partial charge in [0, 0.05) is 0 Å². The maximum Gasteiger partial charge on any atom is 0.313 e. The lowest BCUT2D eigenvalue weighted by Crippen LogP contribution is -2.53. The summed E-state index contributed by atoms with van der Waals surface area (Å²) in [5.74, 6) is -0.411. The Balaban J connectivity index is 2.30. The predicted molar refractivity (Wildman–Crippen MR) is 79.5 cm³/mol. The van der Waals surface area contributed by atoms with Crippen LogP contribution in [0.25, 0.3) is 0 Å². The van der Waals surface area contributed by atoms with Crippen molar-refractivity contribution >= 4 is 11.9 Å². The van der Waals surface area contributed by atoms with Crippen molar-refractivity contribution < 1.29 is 19.1 Å². The first kappa shape index (κ1) is 16.1. The highest BCUT2D eigenvalue weighted by Gasteiger charge is 2.69. The SMILES string of the molecule is CCCOC(=O)C1(C)[C@@H]2C=C[C@H](C2)C1(C)C(=O)OCCC. The third-order valence-corrected chi connectivity index (χ3v) is 5.37. The van der Waals surface area contributed by atoms with Gasteiger partial charge in [0.1, 0.15) is 0 Å². The van der Waals surface area contributed by atoms with Gasteiger partial charge < -0.3 is 9.47 Å². The number of fused-ring (bicyclic) bond motifs is 2. The van der Waals surface area contributed by atoms with Crippen molar-refractivity contribution in [1.29, 1.82) is 0 Å². The second-order valence-corrected chi connectivity index (χ2v) is 6.51. The monoisotopic (exact) mass is 294 g/mol. The minimum absolute atomic E-state index is 0.0611. The van der Waals surface area contributed by atoms with Gasteiger partial charge in [-0.15, -0.1) is 0 Å². The van der Waals surface area contributed by atoms with E-state index in [4.69, 9.17) is 9.47 Å². The lowest BCUT2D eigenvalue weighted by Gasteiger charge is -2.43. The van der Waals surface area contributed by atoms with Crippen molar-refractivity contribution in [1.82, 2.24) is 0 Å². The van der Waals surface area contributed by atoms with Gasteiger partial charge in [0.05, 0.1) is 24.0 Å². The first-order chi connectivity index (χ1) is 9.92. The summed E-state index contributed by atoms with van der Waals surface area (Å²) in [5.41, 5.74) is -1.65. The van der Waals surface area contributed by atoms with Crippen LogP contribution in [0.3, 0.4) is 0 Å². The molecule has 0 heterocycles. The van der Waals surface area contributed by atoms with Crippen molar-refractivity contribution in [3.63, 3.8) is 0 Å². The zero-order chi connectivity index (χ0) is 15.7. The molecule has 2 aliphatic rings. The first-order valence-electron chi connectivity index (χ1n) is 7.95. The van der Waals surface area contributed by atoms with Crippen LogP contribution >= 0.6 is 0 Å². The molecule has 0 spiro atoms. The Bertz CT molecular complexity index is 416. The maximum atomic E-state index is 12.6. The van der Waals surface area contributed by atoms with Crippen molar-refractivity contribution in [2.75, 3.05) is 13.2 Å². The van der Waals surface area contributed by atoms with E-state index in [0.29, 0.717) is 13.2 Å². The molecule has 0 radical (unpaired) electrons. The summed E-state index contributed by atoms with van der Waals surface area (Å²) in [7, 11) is 0. The first-order valence-corrected chi connectivity index (χ1v) is 7.95. The summed E-state index contributed by atoms with van der Waals surface area (Å²) in [5, 5.41) is 0. The number of ether oxygens (including phenoxy) is 2. The van der Waals surface area contributed by atoms with E-state index in [0.717, 1.165) is 19.3 Å². The largest absolute Gasteiger partial charge is 0.465 e. The Morgan fingerprint density at radius 1 is 0.952 bits per heavy atom. The van der Waals surface area contributed by atoms with Gasteiger partial charge in [-0.3, -0.25) is 9.59 Å². The minimum atomic E-state index is -0.827. The van der Waals surface area contributed by atoms with Crippen LogP contribution in [0.15, 0.2) is 12.2 Å². The molecule has 4 atom stereocenters. The van der Waals surface area contributed by atoms with Crippen molar-refractivity contribution in [3.8, 4) is 0 Å². The smallest absolute Gasteiger partial charge is 0.313 e.